The predicted molar refractivity (Wildman–Crippen MR) is 104 cm³/mol. The highest BCUT2D eigenvalue weighted by Crippen LogP contribution is 2.28. The van der Waals surface area contributed by atoms with Gasteiger partial charge in [0, 0.05) is 0 Å². The molecule has 26 heavy (non-hydrogen) atoms. The molecular weight excluding hydrogens is 348 g/mol. The van der Waals surface area contributed by atoms with Crippen LogP contribution in [-0.2, 0) is 9.53 Å². The summed E-state index contributed by atoms with van der Waals surface area (Å²) in [5, 5.41) is 0.606. The molecule has 0 saturated carbocycles. The van der Waals surface area contributed by atoms with Gasteiger partial charge >= 0.3 is 5.97 Å². The standard InChI is InChI=1S/C20H20N2O3S/c1-4-17(19(24)25-3)26-20-21-15-11-7-6-10-14(15)18(23)22(20)16-12-8-5-9-13(16)2/h5-12,17H,4H2,1-3H3/t17-/m1/s1. The summed E-state index contributed by atoms with van der Waals surface area (Å²) in [6, 6.07) is 14.9. The molecule has 0 N–H and O–H groups in total. The number of esters is 1. The molecule has 0 amide bonds. The molecule has 0 fully saturated rings. The molecule has 0 unspecified atom stereocenters. The van der Waals surface area contributed by atoms with Crippen LogP contribution in [0.1, 0.15) is 18.9 Å². The minimum Gasteiger partial charge on any atom is -0.468 e. The van der Waals surface area contributed by atoms with E-state index in [1.807, 2.05) is 56.3 Å². The van der Waals surface area contributed by atoms with E-state index in [1.54, 1.807) is 10.6 Å². The van der Waals surface area contributed by atoms with E-state index >= 15 is 0 Å². The van der Waals surface area contributed by atoms with Crippen molar-refractivity contribution in [3.05, 3.63) is 64.4 Å². The van der Waals surface area contributed by atoms with Gasteiger partial charge < -0.3 is 4.74 Å². The summed E-state index contributed by atoms with van der Waals surface area (Å²) in [7, 11) is 1.37. The number of aryl methyl sites for hydroxylation is 1. The maximum absolute atomic E-state index is 13.2. The highest BCUT2D eigenvalue weighted by molar-refractivity contribution is 8.00. The van der Waals surface area contributed by atoms with E-state index < -0.39 is 5.25 Å². The number of methoxy groups -OCH3 is 1. The number of carbonyl (C=O) groups is 1. The third-order valence-corrected chi connectivity index (χ3v) is 5.48. The second kappa shape index (κ2) is 7.74. The third kappa shape index (κ3) is 3.37. The van der Waals surface area contributed by atoms with Crippen LogP contribution in [0.2, 0.25) is 0 Å². The molecule has 0 bridgehead atoms. The van der Waals surface area contributed by atoms with Gasteiger partial charge in [0.1, 0.15) is 5.25 Å². The summed E-state index contributed by atoms with van der Waals surface area (Å²) in [6.45, 7) is 3.86. The SMILES string of the molecule is CC[C@@H](Sc1nc2ccccc2c(=O)n1-c1ccccc1C)C(=O)OC. The molecule has 3 aromatic rings. The average Bonchev–Trinajstić information content (AvgIpc) is 2.66. The second-order valence-electron chi connectivity index (χ2n) is 5.88. The van der Waals surface area contributed by atoms with Gasteiger partial charge in [0.25, 0.3) is 5.56 Å². The molecule has 0 aliphatic heterocycles. The average molecular weight is 368 g/mol. The normalized spacial score (nSPS) is 12.1. The molecule has 2 aromatic carbocycles. The van der Waals surface area contributed by atoms with Crippen LogP contribution in [0.4, 0.5) is 0 Å². The topological polar surface area (TPSA) is 61.2 Å². The molecule has 5 nitrogen and oxygen atoms in total. The number of nitrogens with zero attached hydrogens (tertiary/aromatic N) is 2. The lowest BCUT2D eigenvalue weighted by molar-refractivity contribution is -0.140. The van der Waals surface area contributed by atoms with E-state index in [0.29, 0.717) is 22.5 Å². The van der Waals surface area contributed by atoms with E-state index in [0.717, 1.165) is 11.3 Å². The lowest BCUT2D eigenvalue weighted by Gasteiger charge is -2.18. The number of aromatic nitrogens is 2. The van der Waals surface area contributed by atoms with Gasteiger partial charge in [0.05, 0.1) is 23.7 Å². The zero-order chi connectivity index (χ0) is 18.7. The van der Waals surface area contributed by atoms with Gasteiger partial charge in [0.15, 0.2) is 5.16 Å². The maximum Gasteiger partial charge on any atom is 0.319 e. The fourth-order valence-corrected chi connectivity index (χ4v) is 3.83. The van der Waals surface area contributed by atoms with Crippen LogP contribution < -0.4 is 5.56 Å². The maximum atomic E-state index is 13.2. The van der Waals surface area contributed by atoms with Crippen LogP contribution in [0.25, 0.3) is 16.6 Å². The number of para-hydroxylation sites is 2. The minimum absolute atomic E-state index is 0.146. The Morgan fingerprint density at radius 3 is 2.58 bits per heavy atom. The molecule has 1 atom stereocenters. The number of benzene rings is 2. The Labute approximate surface area is 156 Å². The number of thioether (sulfide) groups is 1. The van der Waals surface area contributed by atoms with E-state index in [2.05, 4.69) is 4.98 Å². The van der Waals surface area contributed by atoms with Gasteiger partial charge in [-0.15, -0.1) is 0 Å². The second-order valence-corrected chi connectivity index (χ2v) is 7.05. The number of hydrogen-bond acceptors (Lipinski definition) is 5. The number of carbonyl (C=O) groups excluding carboxylic acids is 1. The molecule has 0 aliphatic carbocycles. The van der Waals surface area contributed by atoms with Crippen molar-refractivity contribution in [2.24, 2.45) is 0 Å². The molecule has 0 saturated heterocycles. The lowest BCUT2D eigenvalue weighted by Crippen LogP contribution is -2.25. The Morgan fingerprint density at radius 1 is 1.19 bits per heavy atom. The number of fused-ring (bicyclic) bond motifs is 1. The molecule has 1 aromatic heterocycles. The minimum atomic E-state index is -0.427. The van der Waals surface area contributed by atoms with Gasteiger partial charge in [-0.25, -0.2) is 4.98 Å². The van der Waals surface area contributed by atoms with Crippen molar-refractivity contribution in [2.45, 2.75) is 30.7 Å². The Balaban J connectivity index is 2.26. The number of hydrogen-bond donors (Lipinski definition) is 0. The first kappa shape index (κ1) is 18.2. The Hall–Kier alpha value is -2.60. The van der Waals surface area contributed by atoms with Crippen molar-refractivity contribution in [2.75, 3.05) is 7.11 Å². The van der Waals surface area contributed by atoms with Crippen LogP contribution in [0, 0.1) is 6.92 Å². The predicted octanol–water partition coefficient (Wildman–Crippen LogP) is 3.74. The van der Waals surface area contributed by atoms with Gasteiger partial charge in [-0.2, -0.15) is 0 Å². The van der Waals surface area contributed by atoms with Crippen molar-refractivity contribution >= 4 is 28.6 Å². The number of rotatable bonds is 5. The largest absolute Gasteiger partial charge is 0.468 e. The van der Waals surface area contributed by atoms with Crippen molar-refractivity contribution in [3.8, 4) is 5.69 Å². The molecule has 6 heteroatoms. The smallest absolute Gasteiger partial charge is 0.319 e. The fraction of sp³-hybridized carbons (Fsp3) is 0.250. The molecule has 3 rings (SSSR count). The summed E-state index contributed by atoms with van der Waals surface area (Å²) >= 11 is 1.26. The zero-order valence-corrected chi connectivity index (χ0v) is 15.7. The van der Waals surface area contributed by atoms with Crippen LogP contribution in [0.15, 0.2) is 58.5 Å². The summed E-state index contributed by atoms with van der Waals surface area (Å²) in [5.74, 6) is -0.323. The van der Waals surface area contributed by atoms with Crippen LogP contribution in [0.5, 0.6) is 0 Å². The van der Waals surface area contributed by atoms with Crippen LogP contribution in [-0.4, -0.2) is 27.9 Å². The first-order valence-corrected chi connectivity index (χ1v) is 9.27. The van der Waals surface area contributed by atoms with Crippen molar-refractivity contribution in [3.63, 3.8) is 0 Å². The van der Waals surface area contributed by atoms with Crippen LogP contribution in [0.3, 0.4) is 0 Å². The highest BCUT2D eigenvalue weighted by atomic mass is 32.2. The summed E-state index contributed by atoms with van der Waals surface area (Å²) in [4.78, 5) is 29.9. The van der Waals surface area contributed by atoms with E-state index in [9.17, 15) is 9.59 Å². The summed E-state index contributed by atoms with van der Waals surface area (Å²) in [5.41, 5.74) is 2.19. The zero-order valence-electron chi connectivity index (χ0n) is 14.9. The summed E-state index contributed by atoms with van der Waals surface area (Å²) < 4.78 is 6.48. The lowest BCUT2D eigenvalue weighted by atomic mass is 10.2. The van der Waals surface area contributed by atoms with Gasteiger partial charge in [-0.05, 0) is 37.1 Å². The molecule has 0 spiro atoms. The Morgan fingerprint density at radius 2 is 1.88 bits per heavy atom. The molecule has 0 radical (unpaired) electrons. The highest BCUT2D eigenvalue weighted by Gasteiger charge is 2.23. The molecular formula is C20H20N2O3S. The van der Waals surface area contributed by atoms with Crippen molar-refractivity contribution < 1.29 is 9.53 Å². The van der Waals surface area contributed by atoms with Crippen LogP contribution >= 0.6 is 11.8 Å². The first-order valence-electron chi connectivity index (χ1n) is 8.39. The first-order chi connectivity index (χ1) is 12.6. The molecule has 1 heterocycles. The van der Waals surface area contributed by atoms with E-state index in [-0.39, 0.29) is 11.5 Å². The Bertz CT molecular complexity index is 1010. The van der Waals surface area contributed by atoms with E-state index in [1.165, 1.54) is 18.9 Å². The number of ether oxygens (including phenoxy) is 1. The Kier molecular flexibility index (Phi) is 5.42. The van der Waals surface area contributed by atoms with Crippen molar-refractivity contribution in [1.82, 2.24) is 9.55 Å². The summed E-state index contributed by atoms with van der Waals surface area (Å²) in [6.07, 6.45) is 0.577. The van der Waals surface area contributed by atoms with Crippen molar-refractivity contribution in [1.29, 1.82) is 0 Å². The molecule has 0 aliphatic rings. The van der Waals surface area contributed by atoms with Gasteiger partial charge in [-0.1, -0.05) is 49.0 Å². The van der Waals surface area contributed by atoms with E-state index in [4.69, 9.17) is 4.74 Å². The van der Waals surface area contributed by atoms with Gasteiger partial charge in [-0.3, -0.25) is 14.2 Å². The molecule has 134 valence electrons. The quantitative estimate of drug-likeness (QED) is 0.390. The fourth-order valence-electron chi connectivity index (χ4n) is 2.77. The monoisotopic (exact) mass is 368 g/mol. The third-order valence-electron chi connectivity index (χ3n) is 4.18. The van der Waals surface area contributed by atoms with Gasteiger partial charge in [0.2, 0.25) is 0 Å².